The molecule has 80 valence electrons. The van der Waals surface area contributed by atoms with Crippen molar-refractivity contribution >= 4 is 43.2 Å². The molecule has 0 aliphatic rings. The third-order valence-corrected chi connectivity index (χ3v) is 4.05. The van der Waals surface area contributed by atoms with Crippen molar-refractivity contribution in [3.8, 4) is 0 Å². The fourth-order valence-corrected chi connectivity index (χ4v) is 2.82. The Labute approximate surface area is 109 Å². The molecule has 0 radical (unpaired) electrons. The van der Waals surface area contributed by atoms with Gasteiger partial charge in [0.1, 0.15) is 0 Å². The van der Waals surface area contributed by atoms with Crippen molar-refractivity contribution in [2.24, 2.45) is 0 Å². The van der Waals surface area contributed by atoms with E-state index in [1.165, 1.54) is 4.88 Å². The van der Waals surface area contributed by atoms with E-state index in [-0.39, 0.29) is 4.83 Å². The van der Waals surface area contributed by atoms with Crippen molar-refractivity contribution in [2.75, 3.05) is 0 Å². The van der Waals surface area contributed by atoms with Crippen molar-refractivity contribution in [2.45, 2.75) is 18.3 Å². The second kappa shape index (κ2) is 4.76. The van der Waals surface area contributed by atoms with Gasteiger partial charge >= 0.3 is 0 Å². The van der Waals surface area contributed by atoms with Crippen molar-refractivity contribution < 1.29 is 0 Å². The zero-order valence-electron chi connectivity index (χ0n) is 8.02. The maximum absolute atomic E-state index is 4.08. The van der Waals surface area contributed by atoms with Crippen LogP contribution in [0, 0.1) is 0 Å². The molecule has 0 saturated carbocycles. The lowest BCUT2D eigenvalue weighted by molar-refractivity contribution is 0.655. The number of halogens is 2. The van der Waals surface area contributed by atoms with Crippen LogP contribution in [0.4, 0.5) is 0 Å². The van der Waals surface area contributed by atoms with Crippen LogP contribution in [0.3, 0.4) is 0 Å². The van der Waals surface area contributed by atoms with Crippen LogP contribution < -0.4 is 0 Å². The zero-order valence-corrected chi connectivity index (χ0v) is 12.0. The molecule has 0 fully saturated rings. The first-order valence-electron chi connectivity index (χ1n) is 4.42. The van der Waals surface area contributed by atoms with Gasteiger partial charge in [0, 0.05) is 20.9 Å². The second-order valence-corrected chi connectivity index (χ2v) is 6.47. The lowest BCUT2D eigenvalue weighted by atomic mass is 10.4. The average Bonchev–Trinajstić information content (AvgIpc) is 2.76. The Kier molecular flexibility index (Phi) is 3.58. The highest BCUT2D eigenvalue weighted by Gasteiger charge is 2.07. The van der Waals surface area contributed by atoms with E-state index in [1.54, 1.807) is 11.3 Å². The maximum atomic E-state index is 4.08. The van der Waals surface area contributed by atoms with E-state index >= 15 is 0 Å². The van der Waals surface area contributed by atoms with E-state index in [4.69, 9.17) is 0 Å². The summed E-state index contributed by atoms with van der Waals surface area (Å²) in [5, 5.41) is 10.2. The number of hydrogen-bond acceptors (Lipinski definition) is 3. The summed E-state index contributed by atoms with van der Waals surface area (Å²) < 4.78 is 2.97. The van der Waals surface area contributed by atoms with Gasteiger partial charge in [-0.1, -0.05) is 21.1 Å². The van der Waals surface area contributed by atoms with Crippen molar-refractivity contribution in [3.05, 3.63) is 32.7 Å². The largest absolute Gasteiger partial charge is 0.247 e. The molecule has 0 amide bonds. The molecule has 0 bridgehead atoms. The smallest absolute Gasteiger partial charge is 0.0960 e. The molecule has 2 aromatic rings. The fraction of sp³-hybridized carbons (Fsp3) is 0.333. The monoisotopic (exact) mass is 349 g/mol. The van der Waals surface area contributed by atoms with Crippen LogP contribution >= 0.6 is 43.2 Å². The standard InChI is InChI=1S/C9H9Br2N3S/c1-6(10)9-4-14(13-12-9)3-8-2-7(11)5-15-8/h2,4-6H,3H2,1H3. The van der Waals surface area contributed by atoms with Crippen LogP contribution in [0.2, 0.25) is 0 Å². The summed E-state index contributed by atoms with van der Waals surface area (Å²) in [6.07, 6.45) is 1.97. The molecule has 0 aromatic carbocycles. The molecule has 15 heavy (non-hydrogen) atoms. The van der Waals surface area contributed by atoms with Gasteiger partial charge in [-0.3, -0.25) is 0 Å². The number of hydrogen-bond donors (Lipinski definition) is 0. The molecule has 3 nitrogen and oxygen atoms in total. The van der Waals surface area contributed by atoms with Crippen molar-refractivity contribution in [1.29, 1.82) is 0 Å². The minimum absolute atomic E-state index is 0.251. The molecule has 0 aliphatic carbocycles. The fourth-order valence-electron chi connectivity index (χ4n) is 1.17. The molecule has 2 heterocycles. The van der Waals surface area contributed by atoms with Crippen LogP contribution in [0.1, 0.15) is 22.3 Å². The first-order valence-corrected chi connectivity index (χ1v) is 7.01. The van der Waals surface area contributed by atoms with Crippen LogP contribution in [0.15, 0.2) is 22.1 Å². The maximum Gasteiger partial charge on any atom is 0.0960 e. The van der Waals surface area contributed by atoms with Crippen LogP contribution in [-0.4, -0.2) is 15.0 Å². The Morgan fingerprint density at radius 2 is 2.40 bits per heavy atom. The highest BCUT2D eigenvalue weighted by Crippen LogP contribution is 2.22. The third kappa shape index (κ3) is 2.89. The first-order chi connectivity index (χ1) is 7.15. The second-order valence-electron chi connectivity index (χ2n) is 3.19. The summed E-state index contributed by atoms with van der Waals surface area (Å²) in [5.74, 6) is 0. The highest BCUT2D eigenvalue weighted by molar-refractivity contribution is 9.10. The van der Waals surface area contributed by atoms with E-state index < -0.39 is 0 Å². The van der Waals surface area contributed by atoms with E-state index in [1.807, 2.05) is 17.8 Å². The summed E-state index contributed by atoms with van der Waals surface area (Å²) in [5.41, 5.74) is 0.964. The van der Waals surface area contributed by atoms with Gasteiger partial charge in [-0.2, -0.15) is 0 Å². The van der Waals surface area contributed by atoms with Gasteiger partial charge in [-0.15, -0.1) is 16.4 Å². The molecule has 0 aliphatic heterocycles. The molecular weight excluding hydrogens is 342 g/mol. The number of rotatable bonds is 3. The predicted octanol–water partition coefficient (Wildman–Crippen LogP) is 3.61. The van der Waals surface area contributed by atoms with Gasteiger partial charge in [-0.25, -0.2) is 4.68 Å². The van der Waals surface area contributed by atoms with Crippen molar-refractivity contribution in [3.63, 3.8) is 0 Å². The quantitative estimate of drug-likeness (QED) is 0.792. The Bertz CT molecular complexity index is 450. The lowest BCUT2D eigenvalue weighted by Crippen LogP contribution is -1.98. The normalized spacial score (nSPS) is 13.0. The minimum Gasteiger partial charge on any atom is -0.247 e. The number of alkyl halides is 1. The Morgan fingerprint density at radius 3 is 2.93 bits per heavy atom. The number of nitrogens with zero attached hydrogens (tertiary/aromatic N) is 3. The summed E-state index contributed by atoms with van der Waals surface area (Å²) in [6, 6.07) is 2.10. The van der Waals surface area contributed by atoms with E-state index in [2.05, 4.69) is 53.6 Å². The molecule has 1 atom stereocenters. The Balaban J connectivity index is 2.11. The van der Waals surface area contributed by atoms with Crippen LogP contribution in [-0.2, 0) is 6.54 Å². The Morgan fingerprint density at radius 1 is 1.60 bits per heavy atom. The topological polar surface area (TPSA) is 30.7 Å². The number of aromatic nitrogens is 3. The summed E-state index contributed by atoms with van der Waals surface area (Å²) in [4.78, 5) is 1.52. The summed E-state index contributed by atoms with van der Waals surface area (Å²) in [7, 11) is 0. The molecule has 0 spiro atoms. The van der Waals surface area contributed by atoms with Gasteiger partial charge in [0.05, 0.1) is 17.1 Å². The summed E-state index contributed by atoms with van der Waals surface area (Å²) in [6.45, 7) is 2.82. The van der Waals surface area contributed by atoms with Crippen LogP contribution in [0.5, 0.6) is 0 Å². The predicted molar refractivity (Wildman–Crippen MR) is 68.5 cm³/mol. The van der Waals surface area contributed by atoms with Gasteiger partial charge < -0.3 is 0 Å². The highest BCUT2D eigenvalue weighted by atomic mass is 79.9. The third-order valence-electron chi connectivity index (χ3n) is 1.90. The van der Waals surface area contributed by atoms with Gasteiger partial charge in [0.25, 0.3) is 0 Å². The SMILES string of the molecule is CC(Br)c1cn(Cc2cc(Br)cs2)nn1. The molecule has 0 saturated heterocycles. The van der Waals surface area contributed by atoms with Gasteiger partial charge in [0.15, 0.2) is 0 Å². The summed E-state index contributed by atoms with van der Waals surface area (Å²) >= 11 is 8.61. The van der Waals surface area contributed by atoms with Crippen LogP contribution in [0.25, 0.3) is 0 Å². The van der Waals surface area contributed by atoms with E-state index in [0.29, 0.717) is 0 Å². The average molecular weight is 351 g/mol. The molecule has 6 heteroatoms. The van der Waals surface area contributed by atoms with E-state index in [0.717, 1.165) is 16.7 Å². The molecule has 2 rings (SSSR count). The lowest BCUT2D eigenvalue weighted by Gasteiger charge is -1.96. The molecular formula is C9H9Br2N3S. The molecule has 1 unspecified atom stereocenters. The molecule has 2 aromatic heterocycles. The first kappa shape index (κ1) is 11.3. The molecule has 0 N–H and O–H groups in total. The van der Waals surface area contributed by atoms with Gasteiger partial charge in [0.2, 0.25) is 0 Å². The van der Waals surface area contributed by atoms with E-state index in [9.17, 15) is 0 Å². The zero-order chi connectivity index (χ0) is 10.8. The van der Waals surface area contributed by atoms with Crippen molar-refractivity contribution in [1.82, 2.24) is 15.0 Å². The Hall–Kier alpha value is -0.200. The van der Waals surface area contributed by atoms with Gasteiger partial charge in [-0.05, 0) is 28.9 Å². The minimum atomic E-state index is 0.251. The number of thiophene rings is 1.